The number of pyridine rings is 1. The first-order valence-corrected chi connectivity index (χ1v) is 5.74. The van der Waals surface area contributed by atoms with Crippen LogP contribution in [-0.2, 0) is 6.54 Å². The third-order valence-electron chi connectivity index (χ3n) is 2.81. The van der Waals surface area contributed by atoms with Crippen molar-refractivity contribution in [2.75, 3.05) is 0 Å². The minimum absolute atomic E-state index is 0.0515. The van der Waals surface area contributed by atoms with Crippen LogP contribution in [0.2, 0.25) is 0 Å². The quantitative estimate of drug-likeness (QED) is 0.898. The van der Waals surface area contributed by atoms with E-state index in [1.54, 1.807) is 12.4 Å². The molecular formula is C14H14F2N2. The van der Waals surface area contributed by atoms with Crippen molar-refractivity contribution >= 4 is 0 Å². The van der Waals surface area contributed by atoms with Gasteiger partial charge >= 0.3 is 0 Å². The Bertz CT molecular complexity index is 514. The van der Waals surface area contributed by atoms with Gasteiger partial charge in [0.2, 0.25) is 0 Å². The molecule has 1 aromatic heterocycles. The van der Waals surface area contributed by atoms with E-state index in [9.17, 15) is 8.78 Å². The number of aromatic nitrogens is 1. The molecular weight excluding hydrogens is 234 g/mol. The van der Waals surface area contributed by atoms with Gasteiger partial charge in [-0.1, -0.05) is 0 Å². The van der Waals surface area contributed by atoms with Crippen molar-refractivity contribution in [1.82, 2.24) is 10.3 Å². The maximum Gasteiger partial charge on any atom is 0.127 e. The van der Waals surface area contributed by atoms with Gasteiger partial charge in [0.1, 0.15) is 11.6 Å². The van der Waals surface area contributed by atoms with E-state index >= 15 is 0 Å². The summed E-state index contributed by atoms with van der Waals surface area (Å²) in [7, 11) is 0. The first-order valence-electron chi connectivity index (χ1n) is 5.74. The lowest BCUT2D eigenvalue weighted by Crippen LogP contribution is -2.18. The molecule has 18 heavy (non-hydrogen) atoms. The predicted octanol–water partition coefficient (Wildman–Crippen LogP) is 3.21. The zero-order valence-corrected chi connectivity index (χ0v) is 10.0. The van der Waals surface area contributed by atoms with Gasteiger partial charge in [-0.25, -0.2) is 8.78 Å². The molecule has 0 aliphatic carbocycles. The first-order chi connectivity index (χ1) is 8.66. The molecule has 2 rings (SSSR count). The second-order valence-corrected chi connectivity index (χ2v) is 4.12. The number of nitrogens with one attached hydrogen (secondary N) is 1. The molecule has 1 N–H and O–H groups in total. The lowest BCUT2D eigenvalue weighted by molar-refractivity contribution is 0.535. The highest BCUT2D eigenvalue weighted by Gasteiger charge is 2.07. The van der Waals surface area contributed by atoms with E-state index in [0.29, 0.717) is 5.56 Å². The lowest BCUT2D eigenvalue weighted by atomic mass is 10.1. The minimum Gasteiger partial charge on any atom is -0.306 e. The van der Waals surface area contributed by atoms with Gasteiger partial charge in [-0.15, -0.1) is 0 Å². The van der Waals surface area contributed by atoms with Crippen LogP contribution in [0, 0.1) is 11.6 Å². The predicted molar refractivity (Wildman–Crippen MR) is 65.8 cm³/mol. The molecule has 0 aliphatic rings. The molecule has 2 aromatic rings. The Morgan fingerprint density at radius 1 is 1.17 bits per heavy atom. The Balaban J connectivity index is 2.01. The molecule has 1 unspecified atom stereocenters. The number of benzene rings is 1. The monoisotopic (exact) mass is 248 g/mol. The van der Waals surface area contributed by atoms with Crippen molar-refractivity contribution in [1.29, 1.82) is 0 Å². The zero-order valence-electron chi connectivity index (χ0n) is 10.0. The van der Waals surface area contributed by atoms with Crippen LogP contribution in [0.15, 0.2) is 42.7 Å². The van der Waals surface area contributed by atoms with E-state index < -0.39 is 11.6 Å². The Morgan fingerprint density at radius 2 is 1.89 bits per heavy atom. The third-order valence-corrected chi connectivity index (χ3v) is 2.81. The fourth-order valence-electron chi connectivity index (χ4n) is 1.71. The minimum atomic E-state index is -0.426. The molecule has 0 fully saturated rings. The van der Waals surface area contributed by atoms with E-state index in [1.807, 2.05) is 19.1 Å². The number of hydrogen-bond acceptors (Lipinski definition) is 2. The number of nitrogens with zero attached hydrogens (tertiary/aromatic N) is 1. The summed E-state index contributed by atoms with van der Waals surface area (Å²) in [6, 6.07) is 7.30. The Kier molecular flexibility index (Phi) is 3.99. The smallest absolute Gasteiger partial charge is 0.127 e. The van der Waals surface area contributed by atoms with Crippen LogP contribution in [-0.4, -0.2) is 4.98 Å². The average Bonchev–Trinajstić information content (AvgIpc) is 2.40. The number of rotatable bonds is 4. The van der Waals surface area contributed by atoms with Crippen LogP contribution in [0.4, 0.5) is 8.78 Å². The standard InChI is InChI=1S/C14H14F2N2/c1-10(11-4-6-17-7-5-11)18-9-12-8-13(15)2-3-14(12)16/h2-8,10,18H,9H2,1H3. The summed E-state index contributed by atoms with van der Waals surface area (Å²) in [5.41, 5.74) is 1.39. The Hall–Kier alpha value is -1.81. The van der Waals surface area contributed by atoms with Crippen LogP contribution in [0.3, 0.4) is 0 Å². The third kappa shape index (κ3) is 3.11. The van der Waals surface area contributed by atoms with Crippen molar-refractivity contribution in [3.63, 3.8) is 0 Å². The number of hydrogen-bond donors (Lipinski definition) is 1. The summed E-state index contributed by atoms with van der Waals surface area (Å²) in [5, 5.41) is 3.15. The van der Waals surface area contributed by atoms with Crippen LogP contribution in [0.1, 0.15) is 24.1 Å². The molecule has 0 radical (unpaired) electrons. The molecule has 0 bridgehead atoms. The summed E-state index contributed by atoms with van der Waals surface area (Å²) in [5.74, 6) is -0.824. The topological polar surface area (TPSA) is 24.9 Å². The van der Waals surface area contributed by atoms with Crippen LogP contribution in [0.25, 0.3) is 0 Å². The molecule has 0 amide bonds. The van der Waals surface area contributed by atoms with Crippen LogP contribution < -0.4 is 5.32 Å². The SMILES string of the molecule is CC(NCc1cc(F)ccc1F)c1ccncc1. The van der Waals surface area contributed by atoms with E-state index in [2.05, 4.69) is 10.3 Å². The van der Waals surface area contributed by atoms with Crippen molar-refractivity contribution < 1.29 is 8.78 Å². The maximum absolute atomic E-state index is 13.4. The second kappa shape index (κ2) is 5.69. The fraction of sp³-hybridized carbons (Fsp3) is 0.214. The van der Waals surface area contributed by atoms with Gasteiger partial charge in [-0.2, -0.15) is 0 Å². The van der Waals surface area contributed by atoms with Crippen LogP contribution in [0.5, 0.6) is 0 Å². The molecule has 0 aliphatic heterocycles. The lowest BCUT2D eigenvalue weighted by Gasteiger charge is -2.14. The largest absolute Gasteiger partial charge is 0.306 e. The van der Waals surface area contributed by atoms with Gasteiger partial charge < -0.3 is 5.32 Å². The Labute approximate surface area is 105 Å². The highest BCUT2D eigenvalue weighted by atomic mass is 19.1. The van der Waals surface area contributed by atoms with E-state index in [1.165, 1.54) is 6.07 Å². The summed E-state index contributed by atoms with van der Waals surface area (Å²) in [6.07, 6.45) is 3.41. The molecule has 1 aromatic carbocycles. The average molecular weight is 248 g/mol. The molecule has 0 saturated heterocycles. The van der Waals surface area contributed by atoms with Crippen molar-refractivity contribution in [3.05, 3.63) is 65.5 Å². The van der Waals surface area contributed by atoms with Gasteiger partial charge in [0.15, 0.2) is 0 Å². The molecule has 1 atom stereocenters. The normalized spacial score (nSPS) is 12.4. The van der Waals surface area contributed by atoms with Gasteiger partial charge in [0.25, 0.3) is 0 Å². The molecule has 2 nitrogen and oxygen atoms in total. The summed E-state index contributed by atoms with van der Waals surface area (Å²) < 4.78 is 26.4. The molecule has 94 valence electrons. The second-order valence-electron chi connectivity index (χ2n) is 4.12. The highest BCUT2D eigenvalue weighted by molar-refractivity contribution is 5.19. The van der Waals surface area contributed by atoms with Crippen molar-refractivity contribution in [3.8, 4) is 0 Å². The highest BCUT2D eigenvalue weighted by Crippen LogP contribution is 2.14. The molecule has 0 saturated carbocycles. The van der Waals surface area contributed by atoms with Gasteiger partial charge in [0.05, 0.1) is 0 Å². The maximum atomic E-state index is 13.4. The number of halogens is 2. The van der Waals surface area contributed by atoms with Crippen LogP contribution >= 0.6 is 0 Å². The molecule has 1 heterocycles. The fourth-order valence-corrected chi connectivity index (χ4v) is 1.71. The van der Waals surface area contributed by atoms with E-state index in [-0.39, 0.29) is 12.6 Å². The van der Waals surface area contributed by atoms with Crippen molar-refractivity contribution in [2.45, 2.75) is 19.5 Å². The molecule has 4 heteroatoms. The van der Waals surface area contributed by atoms with Crippen molar-refractivity contribution in [2.24, 2.45) is 0 Å². The van der Waals surface area contributed by atoms with Gasteiger partial charge in [0, 0.05) is 30.5 Å². The van der Waals surface area contributed by atoms with E-state index in [0.717, 1.165) is 17.7 Å². The summed E-state index contributed by atoms with van der Waals surface area (Å²) in [4.78, 5) is 3.93. The van der Waals surface area contributed by atoms with Gasteiger partial charge in [-0.3, -0.25) is 4.98 Å². The zero-order chi connectivity index (χ0) is 13.0. The summed E-state index contributed by atoms with van der Waals surface area (Å²) >= 11 is 0. The first kappa shape index (κ1) is 12.6. The molecule has 0 spiro atoms. The van der Waals surface area contributed by atoms with E-state index in [4.69, 9.17) is 0 Å². The Morgan fingerprint density at radius 3 is 2.61 bits per heavy atom. The van der Waals surface area contributed by atoms with Gasteiger partial charge in [-0.05, 0) is 42.8 Å². The summed E-state index contributed by atoms with van der Waals surface area (Å²) in [6.45, 7) is 2.25.